The number of rotatable bonds is 4. The third-order valence-corrected chi connectivity index (χ3v) is 5.27. The van der Waals surface area contributed by atoms with Crippen molar-refractivity contribution in [1.29, 1.82) is 0 Å². The van der Waals surface area contributed by atoms with Gasteiger partial charge in [-0.15, -0.1) is 0 Å². The van der Waals surface area contributed by atoms with Crippen LogP contribution in [0.2, 0.25) is 0 Å². The summed E-state index contributed by atoms with van der Waals surface area (Å²) in [6.07, 6.45) is 8.23. The summed E-state index contributed by atoms with van der Waals surface area (Å²) in [5.74, 6) is 1.32. The van der Waals surface area contributed by atoms with Crippen molar-refractivity contribution >= 4 is 22.3 Å². The molecule has 1 aliphatic heterocycles. The monoisotopic (exact) mass is 298 g/mol. The minimum atomic E-state index is 0.533. The number of aryl methyl sites for hydroxylation is 2. The normalized spacial score (nSPS) is 13.8. The minimum Gasteiger partial charge on any atom is -0.341 e. The van der Waals surface area contributed by atoms with Crippen molar-refractivity contribution in [3.8, 4) is 0 Å². The number of benzene rings is 2. The zero-order chi connectivity index (χ0) is 14.7. The fourth-order valence-corrected chi connectivity index (χ4v) is 3.83. The first-order chi connectivity index (χ1) is 10.3. The van der Waals surface area contributed by atoms with Crippen LogP contribution in [-0.2, 0) is 23.7 Å². The molecule has 0 unspecified atom stereocenters. The smallest absolute Gasteiger partial charge is 0.109 e. The van der Waals surface area contributed by atoms with Gasteiger partial charge in [0.1, 0.15) is 5.75 Å². The summed E-state index contributed by atoms with van der Waals surface area (Å²) >= 11 is 0. The van der Waals surface area contributed by atoms with Gasteiger partial charge in [-0.3, -0.25) is 0 Å². The Morgan fingerprint density at radius 2 is 1.38 bits per heavy atom. The second kappa shape index (κ2) is 6.57. The van der Waals surface area contributed by atoms with Gasteiger partial charge in [0, 0.05) is 24.3 Å². The van der Waals surface area contributed by atoms with E-state index >= 15 is 0 Å². The topological polar surface area (TPSA) is 3.24 Å². The van der Waals surface area contributed by atoms with Crippen LogP contribution in [0.1, 0.15) is 17.5 Å². The van der Waals surface area contributed by atoms with Gasteiger partial charge in [-0.05, 0) is 47.0 Å². The van der Waals surface area contributed by atoms with Crippen LogP contribution in [-0.4, -0.2) is 24.8 Å². The summed E-state index contributed by atoms with van der Waals surface area (Å²) in [4.78, 5) is 2.55. The highest BCUT2D eigenvalue weighted by atomic mass is 32.2. The summed E-state index contributed by atoms with van der Waals surface area (Å²) in [5.41, 5.74) is 5.80. The fourth-order valence-electron chi connectivity index (χ4n) is 3.12. The van der Waals surface area contributed by atoms with E-state index in [1.807, 2.05) is 0 Å². The standard InChI is InChI=1S/C19H24NS/c1-21(2)15-7-14-20-18-10-5-3-8-16(18)12-13-17-9-4-6-11-19(17)20/h3-6,8-11H,7,12-15H2,1-2H3/q+1. The van der Waals surface area contributed by atoms with E-state index in [4.69, 9.17) is 0 Å². The Morgan fingerprint density at radius 1 is 0.857 bits per heavy atom. The van der Waals surface area contributed by atoms with Gasteiger partial charge >= 0.3 is 0 Å². The van der Waals surface area contributed by atoms with Gasteiger partial charge in [-0.2, -0.15) is 0 Å². The van der Waals surface area contributed by atoms with E-state index in [1.165, 1.54) is 34.7 Å². The van der Waals surface area contributed by atoms with E-state index in [1.54, 1.807) is 0 Å². The molecule has 0 bridgehead atoms. The number of hydrogen-bond donors (Lipinski definition) is 0. The molecule has 1 heterocycles. The summed E-state index contributed by atoms with van der Waals surface area (Å²) in [6, 6.07) is 17.8. The maximum atomic E-state index is 2.55. The maximum Gasteiger partial charge on any atom is 0.109 e. The molecule has 1 nitrogen and oxygen atoms in total. The Kier molecular flexibility index (Phi) is 4.54. The van der Waals surface area contributed by atoms with E-state index in [0.29, 0.717) is 10.9 Å². The Bertz CT molecular complexity index is 559. The fraction of sp³-hybridized carbons (Fsp3) is 0.368. The van der Waals surface area contributed by atoms with Crippen molar-refractivity contribution in [2.45, 2.75) is 19.3 Å². The molecular weight excluding hydrogens is 274 g/mol. The summed E-state index contributed by atoms with van der Waals surface area (Å²) in [5, 5.41) is 0. The van der Waals surface area contributed by atoms with Gasteiger partial charge < -0.3 is 4.90 Å². The maximum absolute atomic E-state index is 2.55. The van der Waals surface area contributed by atoms with Crippen molar-refractivity contribution < 1.29 is 0 Å². The zero-order valence-corrected chi connectivity index (χ0v) is 13.8. The molecule has 21 heavy (non-hydrogen) atoms. The molecule has 3 rings (SSSR count). The Labute approximate surface area is 131 Å². The SMILES string of the molecule is C[S+](C)CCCN1c2ccccc2CCc2ccccc21. The van der Waals surface area contributed by atoms with Crippen LogP contribution >= 0.6 is 0 Å². The van der Waals surface area contributed by atoms with Gasteiger partial charge in [-0.1, -0.05) is 36.4 Å². The lowest BCUT2D eigenvalue weighted by Crippen LogP contribution is -2.21. The van der Waals surface area contributed by atoms with Gasteiger partial charge in [-0.25, -0.2) is 0 Å². The molecule has 0 aromatic heterocycles. The molecule has 0 saturated carbocycles. The van der Waals surface area contributed by atoms with E-state index in [-0.39, 0.29) is 0 Å². The predicted molar refractivity (Wildman–Crippen MR) is 96.0 cm³/mol. The van der Waals surface area contributed by atoms with Crippen LogP contribution in [0.15, 0.2) is 48.5 Å². The summed E-state index contributed by atoms with van der Waals surface area (Å²) < 4.78 is 0. The number of hydrogen-bond acceptors (Lipinski definition) is 1. The molecule has 2 heteroatoms. The molecule has 0 spiro atoms. The van der Waals surface area contributed by atoms with Crippen molar-refractivity contribution in [3.63, 3.8) is 0 Å². The van der Waals surface area contributed by atoms with Crippen LogP contribution in [0.5, 0.6) is 0 Å². The quantitative estimate of drug-likeness (QED) is 0.765. The minimum absolute atomic E-state index is 0.533. The Balaban J connectivity index is 1.95. The molecule has 0 fully saturated rings. The van der Waals surface area contributed by atoms with E-state index in [9.17, 15) is 0 Å². The zero-order valence-electron chi connectivity index (χ0n) is 13.0. The molecule has 0 saturated heterocycles. The number of fused-ring (bicyclic) bond motifs is 2. The number of anilines is 2. The van der Waals surface area contributed by atoms with Gasteiger partial charge in [0.25, 0.3) is 0 Å². The van der Waals surface area contributed by atoms with Gasteiger partial charge in [0.2, 0.25) is 0 Å². The average Bonchev–Trinajstić information content (AvgIpc) is 2.65. The van der Waals surface area contributed by atoms with Gasteiger partial charge in [0.15, 0.2) is 0 Å². The van der Waals surface area contributed by atoms with Crippen molar-refractivity contribution in [1.82, 2.24) is 0 Å². The molecule has 0 amide bonds. The van der Waals surface area contributed by atoms with E-state index in [2.05, 4.69) is 65.9 Å². The number of para-hydroxylation sites is 2. The van der Waals surface area contributed by atoms with Crippen molar-refractivity contribution in [2.75, 3.05) is 29.7 Å². The Morgan fingerprint density at radius 3 is 1.90 bits per heavy atom. The first-order valence-electron chi connectivity index (χ1n) is 7.73. The summed E-state index contributed by atoms with van der Waals surface area (Å²) in [7, 11) is 0.533. The first-order valence-corrected chi connectivity index (χ1v) is 9.94. The lowest BCUT2D eigenvalue weighted by atomic mass is 10.0. The molecule has 0 radical (unpaired) electrons. The van der Waals surface area contributed by atoms with Crippen LogP contribution < -0.4 is 4.90 Å². The lowest BCUT2D eigenvalue weighted by Gasteiger charge is -2.26. The summed E-state index contributed by atoms with van der Waals surface area (Å²) in [6.45, 7) is 1.12. The van der Waals surface area contributed by atoms with Gasteiger partial charge in [0.05, 0.1) is 12.5 Å². The Hall–Kier alpha value is -1.41. The second-order valence-electron chi connectivity index (χ2n) is 5.95. The predicted octanol–water partition coefficient (Wildman–Crippen LogP) is 4.19. The van der Waals surface area contributed by atoms with Crippen molar-refractivity contribution in [2.24, 2.45) is 0 Å². The highest BCUT2D eigenvalue weighted by Crippen LogP contribution is 2.35. The second-order valence-corrected chi connectivity index (χ2v) is 8.33. The molecule has 1 aliphatic rings. The lowest BCUT2D eigenvalue weighted by molar-refractivity contribution is 0.890. The van der Waals surface area contributed by atoms with E-state index in [0.717, 1.165) is 19.4 Å². The van der Waals surface area contributed by atoms with Crippen LogP contribution in [0.4, 0.5) is 11.4 Å². The first kappa shape index (κ1) is 14.5. The third-order valence-electron chi connectivity index (χ3n) is 4.16. The van der Waals surface area contributed by atoms with Crippen molar-refractivity contribution in [3.05, 3.63) is 59.7 Å². The highest BCUT2D eigenvalue weighted by molar-refractivity contribution is 7.95. The van der Waals surface area contributed by atoms with Crippen LogP contribution in [0.3, 0.4) is 0 Å². The molecule has 0 aliphatic carbocycles. The molecule has 110 valence electrons. The molecule has 0 atom stereocenters. The largest absolute Gasteiger partial charge is 0.341 e. The average molecular weight is 298 g/mol. The van der Waals surface area contributed by atoms with Crippen LogP contribution in [0, 0.1) is 0 Å². The molecule has 0 N–H and O–H groups in total. The highest BCUT2D eigenvalue weighted by Gasteiger charge is 2.20. The van der Waals surface area contributed by atoms with Crippen LogP contribution in [0.25, 0.3) is 0 Å². The molecular formula is C19H24NS+. The number of nitrogens with zero attached hydrogens (tertiary/aromatic N) is 1. The molecule has 2 aromatic carbocycles. The van der Waals surface area contributed by atoms with E-state index < -0.39 is 0 Å². The molecule has 2 aromatic rings. The third kappa shape index (κ3) is 3.26.